The van der Waals surface area contributed by atoms with Crippen molar-refractivity contribution >= 4 is 29.2 Å². The zero-order valence-corrected chi connectivity index (χ0v) is 11.9. The minimum atomic E-state index is -0.569. The number of hydrogen-bond acceptors (Lipinski definition) is 4. The number of nitrogens with one attached hydrogen (secondary N) is 1. The van der Waals surface area contributed by atoms with Crippen molar-refractivity contribution in [2.75, 3.05) is 5.32 Å². The summed E-state index contributed by atoms with van der Waals surface area (Å²) in [5.74, 6) is 0.414. The van der Waals surface area contributed by atoms with E-state index in [0.29, 0.717) is 11.5 Å². The number of carbonyl (C=O) groups excluding carboxylic acids is 1. The molecule has 0 saturated heterocycles. The van der Waals surface area contributed by atoms with Gasteiger partial charge in [0.1, 0.15) is 16.6 Å². The van der Waals surface area contributed by atoms with Crippen molar-refractivity contribution in [2.24, 2.45) is 0 Å². The Morgan fingerprint density at radius 1 is 1.47 bits per heavy atom. The Morgan fingerprint density at radius 2 is 2.16 bits per heavy atom. The van der Waals surface area contributed by atoms with Gasteiger partial charge in [-0.05, 0) is 27.7 Å². The second kappa shape index (κ2) is 4.70. The quantitative estimate of drug-likeness (QED) is 0.816. The highest BCUT2D eigenvalue weighted by Gasteiger charge is 2.18. The van der Waals surface area contributed by atoms with Crippen molar-refractivity contribution in [1.82, 2.24) is 14.6 Å². The molecule has 102 valence electrons. The lowest BCUT2D eigenvalue weighted by atomic mass is 10.2. The molecule has 0 aliphatic rings. The number of halogens is 1. The molecule has 2 heterocycles. The van der Waals surface area contributed by atoms with Gasteiger partial charge in [0.25, 0.3) is 0 Å². The predicted molar refractivity (Wildman–Crippen MR) is 72.6 cm³/mol. The van der Waals surface area contributed by atoms with Crippen LogP contribution in [0.4, 0.5) is 10.6 Å². The van der Waals surface area contributed by atoms with E-state index in [1.165, 1.54) is 10.6 Å². The third kappa shape index (κ3) is 3.14. The predicted octanol–water partition coefficient (Wildman–Crippen LogP) is 3.04. The summed E-state index contributed by atoms with van der Waals surface area (Å²) in [6.07, 6.45) is 1.09. The Bertz CT molecular complexity index is 630. The minimum absolute atomic E-state index is 0.280. The summed E-state index contributed by atoms with van der Waals surface area (Å²) < 4.78 is 6.69. The second-order valence-electron chi connectivity index (χ2n) is 5.15. The number of anilines is 1. The van der Waals surface area contributed by atoms with E-state index in [0.717, 1.165) is 5.56 Å². The fourth-order valence-electron chi connectivity index (χ4n) is 1.54. The normalized spacial score (nSPS) is 11.6. The van der Waals surface area contributed by atoms with E-state index in [-0.39, 0.29) is 5.15 Å². The Balaban J connectivity index is 2.33. The molecule has 2 aromatic heterocycles. The van der Waals surface area contributed by atoms with E-state index in [4.69, 9.17) is 16.3 Å². The first-order valence-corrected chi connectivity index (χ1v) is 6.15. The number of nitrogens with zero attached hydrogens (tertiary/aromatic N) is 3. The summed E-state index contributed by atoms with van der Waals surface area (Å²) in [7, 11) is 0. The van der Waals surface area contributed by atoms with Crippen LogP contribution in [0.3, 0.4) is 0 Å². The van der Waals surface area contributed by atoms with Gasteiger partial charge in [-0.3, -0.25) is 5.32 Å². The maximum Gasteiger partial charge on any atom is 0.413 e. The van der Waals surface area contributed by atoms with Gasteiger partial charge in [-0.25, -0.2) is 9.78 Å². The third-order valence-corrected chi connectivity index (χ3v) is 2.44. The molecule has 7 heteroatoms. The van der Waals surface area contributed by atoms with Crippen molar-refractivity contribution < 1.29 is 9.53 Å². The van der Waals surface area contributed by atoms with Gasteiger partial charge in [-0.2, -0.15) is 9.61 Å². The van der Waals surface area contributed by atoms with E-state index >= 15 is 0 Å². The number of aryl methyl sites for hydroxylation is 1. The number of aromatic nitrogens is 3. The largest absolute Gasteiger partial charge is 0.444 e. The van der Waals surface area contributed by atoms with Crippen molar-refractivity contribution in [3.63, 3.8) is 0 Å². The van der Waals surface area contributed by atoms with Crippen LogP contribution in [0, 0.1) is 6.92 Å². The van der Waals surface area contributed by atoms with Crippen LogP contribution in [0.25, 0.3) is 5.65 Å². The van der Waals surface area contributed by atoms with Gasteiger partial charge in [0.15, 0.2) is 5.65 Å². The van der Waals surface area contributed by atoms with Gasteiger partial charge in [-0.15, -0.1) is 0 Å². The third-order valence-electron chi connectivity index (χ3n) is 2.25. The van der Waals surface area contributed by atoms with E-state index in [9.17, 15) is 4.79 Å². The zero-order valence-electron chi connectivity index (χ0n) is 11.2. The highest BCUT2D eigenvalue weighted by Crippen LogP contribution is 2.19. The Hall–Kier alpha value is -1.82. The summed E-state index contributed by atoms with van der Waals surface area (Å²) >= 11 is 5.92. The molecule has 0 spiro atoms. The molecule has 0 bridgehead atoms. The average molecular weight is 283 g/mol. The van der Waals surface area contributed by atoms with Crippen molar-refractivity contribution in [3.8, 4) is 0 Å². The smallest absolute Gasteiger partial charge is 0.413 e. The molecule has 0 atom stereocenters. The molecule has 0 unspecified atom stereocenters. The summed E-state index contributed by atoms with van der Waals surface area (Å²) in [6, 6.07) is 1.52. The van der Waals surface area contributed by atoms with Crippen LogP contribution in [0.1, 0.15) is 26.3 Å². The average Bonchev–Trinajstić information content (AvgIpc) is 2.57. The Labute approximate surface area is 115 Å². The lowest BCUT2D eigenvalue weighted by Crippen LogP contribution is -2.28. The van der Waals surface area contributed by atoms with Gasteiger partial charge >= 0.3 is 6.09 Å². The molecule has 0 radical (unpaired) electrons. The molecule has 0 saturated carbocycles. The molecular weight excluding hydrogens is 268 g/mol. The van der Waals surface area contributed by atoms with Gasteiger partial charge in [0.2, 0.25) is 0 Å². The molecule has 0 aliphatic heterocycles. The number of carbonyl (C=O) groups is 1. The number of ether oxygens (including phenoxy) is 1. The molecule has 2 aromatic rings. The molecule has 0 aliphatic carbocycles. The lowest BCUT2D eigenvalue weighted by Gasteiger charge is -2.19. The van der Waals surface area contributed by atoms with Crippen LogP contribution in [-0.4, -0.2) is 26.3 Å². The molecule has 1 amide bonds. The van der Waals surface area contributed by atoms with Gasteiger partial charge in [0, 0.05) is 11.6 Å². The molecule has 0 fully saturated rings. The first-order valence-electron chi connectivity index (χ1n) is 5.77. The Morgan fingerprint density at radius 3 is 2.79 bits per heavy atom. The monoisotopic (exact) mass is 282 g/mol. The minimum Gasteiger partial charge on any atom is -0.444 e. The summed E-state index contributed by atoms with van der Waals surface area (Å²) in [5.41, 5.74) is 0.897. The zero-order chi connectivity index (χ0) is 14.2. The van der Waals surface area contributed by atoms with Crippen LogP contribution < -0.4 is 5.32 Å². The van der Waals surface area contributed by atoms with E-state index in [1.54, 1.807) is 27.0 Å². The topological polar surface area (TPSA) is 68.5 Å². The van der Waals surface area contributed by atoms with Crippen LogP contribution >= 0.6 is 11.6 Å². The molecular formula is C12H15ClN4O2. The number of fused-ring (bicyclic) bond motifs is 1. The fourth-order valence-corrected chi connectivity index (χ4v) is 1.72. The molecule has 0 aromatic carbocycles. The summed E-state index contributed by atoms with van der Waals surface area (Å²) in [6.45, 7) is 7.24. The number of hydrogen-bond donors (Lipinski definition) is 1. The summed E-state index contributed by atoms with van der Waals surface area (Å²) in [4.78, 5) is 15.9. The molecule has 2 rings (SSSR count). The molecule has 19 heavy (non-hydrogen) atoms. The molecule has 1 N–H and O–H groups in total. The number of rotatable bonds is 1. The lowest BCUT2D eigenvalue weighted by molar-refractivity contribution is 0.0635. The maximum atomic E-state index is 11.8. The first kappa shape index (κ1) is 13.6. The summed E-state index contributed by atoms with van der Waals surface area (Å²) in [5, 5.41) is 7.02. The van der Waals surface area contributed by atoms with E-state index in [1.807, 2.05) is 6.92 Å². The van der Waals surface area contributed by atoms with Crippen molar-refractivity contribution in [3.05, 3.63) is 23.0 Å². The van der Waals surface area contributed by atoms with Crippen LogP contribution in [0.15, 0.2) is 12.3 Å². The van der Waals surface area contributed by atoms with E-state index in [2.05, 4.69) is 15.4 Å². The van der Waals surface area contributed by atoms with Crippen LogP contribution in [-0.2, 0) is 4.74 Å². The molecule has 6 nitrogen and oxygen atoms in total. The van der Waals surface area contributed by atoms with Gasteiger partial charge in [-0.1, -0.05) is 11.6 Å². The van der Waals surface area contributed by atoms with Crippen LogP contribution in [0.2, 0.25) is 5.15 Å². The number of amides is 1. The highest BCUT2D eigenvalue weighted by molar-refractivity contribution is 6.29. The van der Waals surface area contributed by atoms with Gasteiger partial charge in [0.05, 0.1) is 6.20 Å². The fraction of sp³-hybridized carbons (Fsp3) is 0.417. The maximum absolute atomic E-state index is 11.8. The van der Waals surface area contributed by atoms with Crippen LogP contribution in [0.5, 0.6) is 0 Å². The highest BCUT2D eigenvalue weighted by atomic mass is 35.5. The SMILES string of the molecule is Cc1cnn2c(NC(=O)OC(C)(C)C)cc(Cl)nc12. The van der Waals surface area contributed by atoms with Gasteiger partial charge < -0.3 is 4.74 Å². The second-order valence-corrected chi connectivity index (χ2v) is 5.54. The van der Waals surface area contributed by atoms with E-state index < -0.39 is 11.7 Å². The van der Waals surface area contributed by atoms with Crippen molar-refractivity contribution in [2.45, 2.75) is 33.3 Å². The first-order chi connectivity index (χ1) is 8.76. The van der Waals surface area contributed by atoms with Crippen molar-refractivity contribution in [1.29, 1.82) is 0 Å². The standard InChI is InChI=1S/C12H15ClN4O2/c1-7-6-14-17-9(5-8(13)15-10(7)17)16-11(18)19-12(2,3)4/h5-6H,1-4H3,(H,16,18). The Kier molecular flexibility index (Phi) is 3.36.